The average molecular weight is 361 g/mol. The van der Waals surface area contributed by atoms with Gasteiger partial charge in [-0.05, 0) is 11.5 Å². The Morgan fingerprint density at radius 2 is 2.00 bits per heavy atom. The Bertz CT molecular complexity index is 705. The zero-order chi connectivity index (χ0) is 19.5. The van der Waals surface area contributed by atoms with Crippen LogP contribution in [0.4, 0.5) is 4.79 Å². The van der Waals surface area contributed by atoms with Crippen LogP contribution in [0, 0.1) is 5.41 Å². The molecule has 0 unspecified atom stereocenters. The molecule has 2 rings (SSSR count). The lowest BCUT2D eigenvalue weighted by molar-refractivity contribution is 0.180. The van der Waals surface area contributed by atoms with E-state index in [1.165, 1.54) is 0 Å². The van der Waals surface area contributed by atoms with Crippen LogP contribution in [0.3, 0.4) is 0 Å². The lowest BCUT2D eigenvalue weighted by Gasteiger charge is -2.33. The lowest BCUT2D eigenvalue weighted by atomic mass is 9.86. The molecule has 0 aliphatic carbocycles. The highest BCUT2D eigenvalue weighted by molar-refractivity contribution is 5.74. The van der Waals surface area contributed by atoms with Crippen LogP contribution in [0.25, 0.3) is 0 Å². The normalized spacial score (nSPS) is 13.5. The molecular weight excluding hydrogens is 328 g/mol. The molecule has 0 aliphatic rings. The van der Waals surface area contributed by atoms with E-state index < -0.39 is 0 Å². The number of urea groups is 1. The summed E-state index contributed by atoms with van der Waals surface area (Å²) in [4.78, 5) is 18.4. The Morgan fingerprint density at radius 3 is 2.50 bits per heavy atom. The van der Waals surface area contributed by atoms with E-state index in [0.717, 1.165) is 11.4 Å². The Kier molecular flexibility index (Phi) is 5.78. The molecule has 0 saturated heterocycles. The fourth-order valence-electron chi connectivity index (χ4n) is 2.55. The number of aromatic amines is 1. The van der Waals surface area contributed by atoms with Gasteiger partial charge in [0, 0.05) is 31.4 Å². The van der Waals surface area contributed by atoms with Crippen molar-refractivity contribution in [2.24, 2.45) is 5.41 Å². The van der Waals surface area contributed by atoms with E-state index in [-0.39, 0.29) is 22.9 Å². The van der Waals surface area contributed by atoms with Crippen LogP contribution in [0.1, 0.15) is 52.9 Å². The topological polar surface area (TPSA) is 78.8 Å². The number of amides is 2. The second-order valence-corrected chi connectivity index (χ2v) is 9.01. The first-order valence-corrected chi connectivity index (χ1v) is 8.99. The van der Waals surface area contributed by atoms with E-state index in [1.54, 1.807) is 24.5 Å². The second kappa shape index (κ2) is 7.51. The Morgan fingerprint density at radius 1 is 1.31 bits per heavy atom. The molecule has 0 bridgehead atoms. The van der Waals surface area contributed by atoms with E-state index >= 15 is 0 Å². The maximum atomic E-state index is 12.7. The monoisotopic (exact) mass is 360 g/mol. The number of hydrogen-bond donors (Lipinski definition) is 2. The summed E-state index contributed by atoms with van der Waals surface area (Å²) in [5.74, 6) is 0. The molecule has 0 fully saturated rings. The van der Waals surface area contributed by atoms with Crippen molar-refractivity contribution in [3.63, 3.8) is 0 Å². The van der Waals surface area contributed by atoms with E-state index in [2.05, 4.69) is 62.0 Å². The molecule has 2 heterocycles. The van der Waals surface area contributed by atoms with Crippen LogP contribution in [-0.4, -0.2) is 43.8 Å². The zero-order valence-corrected chi connectivity index (χ0v) is 17.0. The van der Waals surface area contributed by atoms with Gasteiger partial charge in [0.05, 0.1) is 30.3 Å². The highest BCUT2D eigenvalue weighted by Crippen LogP contribution is 2.22. The van der Waals surface area contributed by atoms with Crippen molar-refractivity contribution in [1.29, 1.82) is 0 Å². The zero-order valence-electron chi connectivity index (χ0n) is 17.0. The van der Waals surface area contributed by atoms with E-state index in [9.17, 15) is 4.79 Å². The minimum atomic E-state index is -0.100. The largest absolute Gasteiger partial charge is 0.335 e. The number of imidazole rings is 1. The van der Waals surface area contributed by atoms with Gasteiger partial charge in [0.15, 0.2) is 0 Å². The Labute approximate surface area is 156 Å². The van der Waals surface area contributed by atoms with Crippen LogP contribution in [0.2, 0.25) is 0 Å². The maximum Gasteiger partial charge on any atom is 0.317 e. The molecule has 0 aliphatic heterocycles. The van der Waals surface area contributed by atoms with Gasteiger partial charge in [-0.3, -0.25) is 5.10 Å². The average Bonchev–Trinajstić information content (AvgIpc) is 3.16. The Balaban J connectivity index is 2.00. The van der Waals surface area contributed by atoms with Crippen LogP contribution in [-0.2, 0) is 18.5 Å². The summed E-state index contributed by atoms with van der Waals surface area (Å²) >= 11 is 0. The molecule has 2 amide bonds. The Hall–Kier alpha value is -2.31. The number of rotatable bonds is 5. The standard InChI is InChI=1S/C19H32N6O/c1-18(2,3)15-10-14(22-23-15)11-24(7)17(26)21-16(19(4,5)6)12-25-9-8-20-13-25/h8-10,13,16H,11-12H2,1-7H3,(H,21,26)(H,22,23)/t16-/m0/s1. The molecule has 7 heteroatoms. The van der Waals surface area contributed by atoms with Crippen LogP contribution < -0.4 is 5.32 Å². The predicted molar refractivity (Wildman–Crippen MR) is 103 cm³/mol. The van der Waals surface area contributed by atoms with Crippen molar-refractivity contribution in [2.45, 2.75) is 66.1 Å². The van der Waals surface area contributed by atoms with Crippen LogP contribution in [0.5, 0.6) is 0 Å². The molecule has 26 heavy (non-hydrogen) atoms. The fraction of sp³-hybridized carbons (Fsp3) is 0.632. The summed E-state index contributed by atoms with van der Waals surface area (Å²) in [5, 5.41) is 10.5. The third kappa shape index (κ3) is 5.34. The summed E-state index contributed by atoms with van der Waals surface area (Å²) in [6.45, 7) is 13.9. The van der Waals surface area contributed by atoms with Crippen molar-refractivity contribution in [3.05, 3.63) is 36.2 Å². The minimum absolute atomic E-state index is 0.0152. The first-order chi connectivity index (χ1) is 12.0. The molecule has 0 radical (unpaired) electrons. The van der Waals surface area contributed by atoms with Crippen LogP contribution >= 0.6 is 0 Å². The van der Waals surface area contributed by atoms with Gasteiger partial charge >= 0.3 is 6.03 Å². The first kappa shape index (κ1) is 20.0. The van der Waals surface area contributed by atoms with Gasteiger partial charge in [-0.1, -0.05) is 41.5 Å². The van der Waals surface area contributed by atoms with Crippen molar-refractivity contribution in [2.75, 3.05) is 7.05 Å². The summed E-state index contributed by atoms with van der Waals surface area (Å²) in [6.07, 6.45) is 5.43. The SMILES string of the molecule is CN(Cc1cc(C(C)(C)C)n[nH]1)C(=O)N[C@@H](Cn1ccnc1)C(C)(C)C. The molecule has 0 spiro atoms. The third-order valence-electron chi connectivity index (χ3n) is 4.45. The number of aromatic nitrogens is 4. The number of carbonyl (C=O) groups excluding carboxylic acids is 1. The van der Waals surface area contributed by atoms with Crippen molar-refractivity contribution < 1.29 is 4.79 Å². The van der Waals surface area contributed by atoms with Crippen molar-refractivity contribution in [3.8, 4) is 0 Å². The number of carbonyl (C=O) groups is 1. The molecule has 2 N–H and O–H groups in total. The summed E-state index contributed by atoms with van der Waals surface area (Å²) < 4.78 is 1.99. The fourth-order valence-corrected chi connectivity index (χ4v) is 2.55. The smallest absolute Gasteiger partial charge is 0.317 e. The molecule has 2 aromatic rings. The lowest BCUT2D eigenvalue weighted by Crippen LogP contribution is -2.50. The summed E-state index contributed by atoms with van der Waals surface area (Å²) in [6, 6.07) is 1.91. The van der Waals surface area contributed by atoms with E-state index in [4.69, 9.17) is 0 Å². The van der Waals surface area contributed by atoms with Gasteiger partial charge in [-0.2, -0.15) is 5.10 Å². The van der Waals surface area contributed by atoms with Gasteiger partial charge in [-0.15, -0.1) is 0 Å². The van der Waals surface area contributed by atoms with Crippen molar-refractivity contribution in [1.82, 2.24) is 30.0 Å². The molecule has 0 saturated carbocycles. The van der Waals surface area contributed by atoms with Gasteiger partial charge in [-0.25, -0.2) is 9.78 Å². The van der Waals surface area contributed by atoms with Crippen LogP contribution in [0.15, 0.2) is 24.8 Å². The molecular formula is C19H32N6O. The first-order valence-electron chi connectivity index (χ1n) is 8.99. The third-order valence-corrected chi connectivity index (χ3v) is 4.45. The minimum Gasteiger partial charge on any atom is -0.335 e. The molecule has 1 atom stereocenters. The van der Waals surface area contributed by atoms with Gasteiger partial charge < -0.3 is 14.8 Å². The molecule has 2 aromatic heterocycles. The number of hydrogen-bond acceptors (Lipinski definition) is 3. The number of nitrogens with one attached hydrogen (secondary N) is 2. The molecule has 0 aromatic carbocycles. The summed E-state index contributed by atoms with van der Waals surface area (Å²) in [7, 11) is 1.80. The maximum absolute atomic E-state index is 12.7. The van der Waals surface area contributed by atoms with E-state index in [0.29, 0.717) is 13.1 Å². The highest BCUT2D eigenvalue weighted by atomic mass is 16.2. The second-order valence-electron chi connectivity index (χ2n) is 9.01. The van der Waals surface area contributed by atoms with E-state index in [1.807, 2.05) is 16.8 Å². The van der Waals surface area contributed by atoms with Gasteiger partial charge in [0.25, 0.3) is 0 Å². The summed E-state index contributed by atoms with van der Waals surface area (Å²) in [5.41, 5.74) is 1.83. The van der Waals surface area contributed by atoms with Crippen molar-refractivity contribution >= 4 is 6.03 Å². The molecule has 144 valence electrons. The van der Waals surface area contributed by atoms with Gasteiger partial charge in [0.1, 0.15) is 0 Å². The quantitative estimate of drug-likeness (QED) is 0.859. The predicted octanol–water partition coefficient (Wildman–Crippen LogP) is 3.16. The molecule has 7 nitrogen and oxygen atoms in total. The highest BCUT2D eigenvalue weighted by Gasteiger charge is 2.28. The van der Waals surface area contributed by atoms with Gasteiger partial charge in [0.2, 0.25) is 0 Å². The number of H-pyrrole nitrogens is 1. The number of nitrogens with zero attached hydrogens (tertiary/aromatic N) is 4.